The summed E-state index contributed by atoms with van der Waals surface area (Å²) >= 11 is 1.47. The van der Waals surface area contributed by atoms with Crippen molar-refractivity contribution in [2.24, 2.45) is 0 Å². The second-order valence-corrected chi connectivity index (χ2v) is 5.48. The molecule has 3 nitrogen and oxygen atoms in total. The maximum Gasteiger partial charge on any atom is 0.254 e. The van der Waals surface area contributed by atoms with Crippen molar-refractivity contribution in [3.05, 3.63) is 21.9 Å². The number of amides is 1. The second-order valence-electron chi connectivity index (χ2n) is 4.57. The summed E-state index contributed by atoms with van der Waals surface area (Å²) in [5, 5.41) is 10.5. The quantitative estimate of drug-likeness (QED) is 0.842. The molecule has 104 valence electrons. The normalized spacial score (nSPS) is 10.2. The van der Waals surface area contributed by atoms with Crippen LogP contribution in [0.4, 0.5) is 0 Å². The number of nitrogens with zero attached hydrogens (tertiary/aromatic N) is 1. The third-order valence-electron chi connectivity index (χ3n) is 2.64. The summed E-state index contributed by atoms with van der Waals surface area (Å²) in [6, 6.07) is 2.04. The Kier molecular flexibility index (Phi) is 6.61. The average molecular weight is 279 g/mol. The van der Waals surface area contributed by atoms with Crippen LogP contribution in [0.25, 0.3) is 0 Å². The Morgan fingerprint density at radius 2 is 2.26 bits per heavy atom. The standard InChI is InChI=1S/C15H21NO2S/c1-4-8-16(12(2)3)15(18)13-10-14(19-11-13)7-5-6-9-17/h10-12,17H,4,6,8-9H2,1-3H3. The van der Waals surface area contributed by atoms with Gasteiger partial charge in [0.05, 0.1) is 17.0 Å². The summed E-state index contributed by atoms with van der Waals surface area (Å²) in [7, 11) is 0. The molecule has 1 amide bonds. The van der Waals surface area contributed by atoms with Gasteiger partial charge >= 0.3 is 0 Å². The van der Waals surface area contributed by atoms with Crippen molar-refractivity contribution in [3.63, 3.8) is 0 Å². The lowest BCUT2D eigenvalue weighted by atomic mass is 10.2. The van der Waals surface area contributed by atoms with Crippen LogP contribution in [0.3, 0.4) is 0 Å². The summed E-state index contributed by atoms with van der Waals surface area (Å²) in [4.78, 5) is 15.1. The van der Waals surface area contributed by atoms with Crippen LogP contribution in [0.2, 0.25) is 0 Å². The summed E-state index contributed by atoms with van der Waals surface area (Å²) in [5.41, 5.74) is 0.709. The number of aliphatic hydroxyl groups excluding tert-OH is 1. The summed E-state index contributed by atoms with van der Waals surface area (Å²) in [6.07, 6.45) is 1.42. The number of hydrogen-bond acceptors (Lipinski definition) is 3. The van der Waals surface area contributed by atoms with Crippen LogP contribution in [0.5, 0.6) is 0 Å². The molecule has 0 aliphatic heterocycles. The molecule has 1 aromatic rings. The fourth-order valence-corrected chi connectivity index (χ4v) is 2.47. The largest absolute Gasteiger partial charge is 0.395 e. The predicted octanol–water partition coefficient (Wildman–Crippen LogP) is 2.74. The van der Waals surface area contributed by atoms with E-state index in [1.807, 2.05) is 30.2 Å². The molecule has 0 saturated carbocycles. The first kappa shape index (κ1) is 15.7. The van der Waals surface area contributed by atoms with Gasteiger partial charge in [0.1, 0.15) is 0 Å². The van der Waals surface area contributed by atoms with Gasteiger partial charge in [0.25, 0.3) is 5.91 Å². The van der Waals surface area contributed by atoms with Crippen molar-refractivity contribution in [1.29, 1.82) is 0 Å². The van der Waals surface area contributed by atoms with E-state index < -0.39 is 0 Å². The zero-order valence-electron chi connectivity index (χ0n) is 11.8. The lowest BCUT2D eigenvalue weighted by molar-refractivity contribution is 0.0706. The summed E-state index contributed by atoms with van der Waals surface area (Å²) in [6.45, 7) is 6.98. The Labute approximate surface area is 119 Å². The second kappa shape index (κ2) is 7.98. The van der Waals surface area contributed by atoms with Crippen molar-refractivity contribution in [2.75, 3.05) is 13.2 Å². The third-order valence-corrected chi connectivity index (χ3v) is 3.49. The van der Waals surface area contributed by atoms with Crippen LogP contribution in [0, 0.1) is 11.8 Å². The van der Waals surface area contributed by atoms with Gasteiger partial charge in [-0.1, -0.05) is 18.8 Å². The van der Waals surface area contributed by atoms with E-state index in [9.17, 15) is 4.79 Å². The first-order valence-electron chi connectivity index (χ1n) is 6.59. The third kappa shape index (κ3) is 4.70. The van der Waals surface area contributed by atoms with Gasteiger partial charge in [0.15, 0.2) is 0 Å². The highest BCUT2D eigenvalue weighted by atomic mass is 32.1. The van der Waals surface area contributed by atoms with Crippen LogP contribution in [-0.2, 0) is 0 Å². The Hall–Kier alpha value is -1.31. The summed E-state index contributed by atoms with van der Waals surface area (Å²) < 4.78 is 0. The predicted molar refractivity (Wildman–Crippen MR) is 79.4 cm³/mol. The molecule has 1 rings (SSSR count). The number of aliphatic hydroxyl groups is 1. The Balaban J connectivity index is 2.80. The molecule has 0 atom stereocenters. The minimum absolute atomic E-state index is 0.0712. The molecule has 0 unspecified atom stereocenters. The Morgan fingerprint density at radius 3 is 2.84 bits per heavy atom. The molecule has 0 saturated heterocycles. The zero-order chi connectivity index (χ0) is 14.3. The number of thiophene rings is 1. The van der Waals surface area contributed by atoms with Crippen LogP contribution in [-0.4, -0.2) is 35.1 Å². The van der Waals surface area contributed by atoms with Crippen molar-refractivity contribution in [1.82, 2.24) is 4.90 Å². The van der Waals surface area contributed by atoms with E-state index in [0.717, 1.165) is 17.8 Å². The van der Waals surface area contributed by atoms with E-state index in [1.54, 1.807) is 0 Å². The number of rotatable bonds is 5. The summed E-state index contributed by atoms with van der Waals surface area (Å²) in [5.74, 6) is 5.90. The monoisotopic (exact) mass is 279 g/mol. The molecule has 0 bridgehead atoms. The van der Waals surface area contributed by atoms with Crippen molar-refractivity contribution >= 4 is 17.2 Å². The smallest absolute Gasteiger partial charge is 0.254 e. The van der Waals surface area contributed by atoms with E-state index in [4.69, 9.17) is 5.11 Å². The SMILES string of the molecule is CCCN(C(=O)c1csc(C#CCCO)c1)C(C)C. The minimum Gasteiger partial charge on any atom is -0.395 e. The molecule has 0 aliphatic carbocycles. The lowest BCUT2D eigenvalue weighted by Gasteiger charge is -2.25. The highest BCUT2D eigenvalue weighted by molar-refractivity contribution is 7.10. The molecule has 19 heavy (non-hydrogen) atoms. The Bertz CT molecular complexity index is 468. The molecular formula is C15H21NO2S. The first-order chi connectivity index (χ1) is 9.10. The van der Waals surface area contributed by atoms with Gasteiger partial charge in [-0.3, -0.25) is 4.79 Å². The van der Waals surface area contributed by atoms with E-state index in [0.29, 0.717) is 12.0 Å². The molecule has 0 aliphatic rings. The van der Waals surface area contributed by atoms with Crippen LogP contribution in [0.1, 0.15) is 48.8 Å². The lowest BCUT2D eigenvalue weighted by Crippen LogP contribution is -2.37. The van der Waals surface area contributed by atoms with E-state index in [1.165, 1.54) is 11.3 Å². The Morgan fingerprint density at radius 1 is 1.53 bits per heavy atom. The van der Waals surface area contributed by atoms with Gasteiger partial charge in [0, 0.05) is 24.4 Å². The van der Waals surface area contributed by atoms with Gasteiger partial charge in [-0.15, -0.1) is 11.3 Å². The van der Waals surface area contributed by atoms with E-state index in [-0.39, 0.29) is 18.6 Å². The van der Waals surface area contributed by atoms with Gasteiger partial charge in [-0.25, -0.2) is 0 Å². The fraction of sp³-hybridized carbons (Fsp3) is 0.533. The van der Waals surface area contributed by atoms with E-state index in [2.05, 4.69) is 18.8 Å². The molecule has 0 radical (unpaired) electrons. The molecule has 1 heterocycles. The molecular weight excluding hydrogens is 258 g/mol. The van der Waals surface area contributed by atoms with Gasteiger partial charge in [0.2, 0.25) is 0 Å². The molecule has 0 aromatic carbocycles. The topological polar surface area (TPSA) is 40.5 Å². The first-order valence-corrected chi connectivity index (χ1v) is 7.47. The molecule has 4 heteroatoms. The van der Waals surface area contributed by atoms with E-state index >= 15 is 0 Å². The highest BCUT2D eigenvalue weighted by Crippen LogP contribution is 2.17. The number of carbonyl (C=O) groups excluding carboxylic acids is 1. The van der Waals surface area contributed by atoms with Gasteiger partial charge < -0.3 is 10.0 Å². The number of hydrogen-bond donors (Lipinski definition) is 1. The zero-order valence-corrected chi connectivity index (χ0v) is 12.6. The minimum atomic E-state index is 0.0712. The molecule has 1 aromatic heterocycles. The highest BCUT2D eigenvalue weighted by Gasteiger charge is 2.18. The van der Waals surface area contributed by atoms with Crippen molar-refractivity contribution in [3.8, 4) is 11.8 Å². The molecule has 0 spiro atoms. The van der Waals surface area contributed by atoms with Crippen LogP contribution in [0.15, 0.2) is 11.4 Å². The fourth-order valence-electron chi connectivity index (χ4n) is 1.72. The molecule has 0 fully saturated rings. The van der Waals surface area contributed by atoms with Gasteiger partial charge in [-0.2, -0.15) is 0 Å². The maximum absolute atomic E-state index is 12.4. The van der Waals surface area contributed by atoms with Crippen LogP contribution < -0.4 is 0 Å². The molecule has 1 N–H and O–H groups in total. The average Bonchev–Trinajstić information content (AvgIpc) is 2.84. The van der Waals surface area contributed by atoms with Crippen LogP contribution >= 0.6 is 11.3 Å². The van der Waals surface area contributed by atoms with Crippen molar-refractivity contribution in [2.45, 2.75) is 39.7 Å². The maximum atomic E-state index is 12.4. The van der Waals surface area contributed by atoms with Crippen molar-refractivity contribution < 1.29 is 9.90 Å². The number of carbonyl (C=O) groups is 1. The van der Waals surface area contributed by atoms with Gasteiger partial charge in [-0.05, 0) is 26.3 Å².